The molecule has 1 heterocycles. The van der Waals surface area contributed by atoms with Crippen LogP contribution >= 0.6 is 23.2 Å². The van der Waals surface area contributed by atoms with Crippen molar-refractivity contribution < 1.29 is 26.0 Å². The molecule has 0 unspecified atom stereocenters. The average Bonchev–Trinajstić information content (AvgIpc) is 2.72. The lowest BCUT2D eigenvalue weighted by atomic mass is 9.83. The maximum atomic E-state index is 13.9. The third kappa shape index (κ3) is 5.98. The molecule has 2 aromatic rings. The van der Waals surface area contributed by atoms with Crippen molar-refractivity contribution in [1.82, 2.24) is 9.03 Å². The van der Waals surface area contributed by atoms with E-state index in [1.54, 1.807) is 0 Å². The number of halogens is 3. The van der Waals surface area contributed by atoms with Crippen molar-refractivity contribution in [2.24, 2.45) is 11.1 Å². The van der Waals surface area contributed by atoms with Gasteiger partial charge in [0, 0.05) is 42.7 Å². The Labute approximate surface area is 207 Å². The molecule has 0 amide bonds. The van der Waals surface area contributed by atoms with Crippen LogP contribution in [0.3, 0.4) is 0 Å². The normalized spacial score (nSPS) is 16.0. The van der Waals surface area contributed by atoms with Crippen molar-refractivity contribution >= 4 is 48.9 Å². The first kappa shape index (κ1) is 26.6. The second kappa shape index (κ2) is 10.3. The third-order valence-corrected chi connectivity index (χ3v) is 9.04. The Bertz CT molecular complexity index is 1330. The van der Waals surface area contributed by atoms with Crippen LogP contribution in [0.2, 0.25) is 10.0 Å². The van der Waals surface area contributed by atoms with Crippen LogP contribution in [-0.4, -0.2) is 59.7 Å². The number of rotatable bonds is 10. The van der Waals surface area contributed by atoms with Gasteiger partial charge in [-0.25, -0.2) is 30.8 Å². The summed E-state index contributed by atoms with van der Waals surface area (Å²) in [5, 5.41) is 0.237. The van der Waals surface area contributed by atoms with E-state index in [1.807, 2.05) is 0 Å². The number of nitrogens with one attached hydrogen (secondary N) is 1. The summed E-state index contributed by atoms with van der Waals surface area (Å²) in [6.07, 6.45) is 0. The van der Waals surface area contributed by atoms with Gasteiger partial charge in [0.2, 0.25) is 25.7 Å². The minimum atomic E-state index is -3.99. The summed E-state index contributed by atoms with van der Waals surface area (Å²) >= 11 is 11.9. The predicted molar refractivity (Wildman–Crippen MR) is 127 cm³/mol. The standard InChI is InChI=1S/C20H21Cl2FN4O5S2/c1-25-18-4-3-15(9-17(18)23)32-13-20(10-26-33(28,29)7-6-24)11-27(12-20)34(30,31)19-5-2-14(21)8-16(19)22/h2-5,8-9,26H,6-7,10-13,24H2. The van der Waals surface area contributed by atoms with E-state index in [1.165, 1.54) is 30.3 Å². The zero-order valence-electron chi connectivity index (χ0n) is 17.7. The van der Waals surface area contributed by atoms with E-state index >= 15 is 0 Å². The average molecular weight is 551 g/mol. The van der Waals surface area contributed by atoms with Gasteiger partial charge < -0.3 is 10.5 Å². The van der Waals surface area contributed by atoms with Gasteiger partial charge in [-0.15, -0.1) is 0 Å². The first-order valence-electron chi connectivity index (χ1n) is 9.84. The number of nitrogens with zero attached hydrogens (tertiary/aromatic N) is 2. The number of sulfonamides is 2. The van der Waals surface area contributed by atoms with Crippen LogP contribution in [0.5, 0.6) is 5.75 Å². The van der Waals surface area contributed by atoms with Crippen LogP contribution in [0.15, 0.2) is 41.3 Å². The van der Waals surface area contributed by atoms with Gasteiger partial charge in [0.05, 0.1) is 24.0 Å². The van der Waals surface area contributed by atoms with Crippen molar-refractivity contribution in [2.45, 2.75) is 4.90 Å². The van der Waals surface area contributed by atoms with Crippen LogP contribution in [0.25, 0.3) is 4.85 Å². The number of nitrogens with two attached hydrogens (primary N) is 1. The Balaban J connectivity index is 1.80. The highest BCUT2D eigenvalue weighted by Gasteiger charge is 2.50. The molecule has 0 atom stereocenters. The summed E-state index contributed by atoms with van der Waals surface area (Å²) in [4.78, 5) is 2.91. The summed E-state index contributed by atoms with van der Waals surface area (Å²) < 4.78 is 73.5. The smallest absolute Gasteiger partial charge is 0.244 e. The Morgan fingerprint density at radius 2 is 1.88 bits per heavy atom. The summed E-state index contributed by atoms with van der Waals surface area (Å²) in [6.45, 7) is 6.42. The van der Waals surface area contributed by atoms with Crippen molar-refractivity contribution in [3.8, 4) is 5.75 Å². The zero-order chi connectivity index (χ0) is 25.1. The molecule has 3 rings (SSSR count). The lowest BCUT2D eigenvalue weighted by Crippen LogP contribution is -2.64. The van der Waals surface area contributed by atoms with Crippen molar-refractivity contribution in [1.29, 1.82) is 0 Å². The minimum Gasteiger partial charge on any atom is -0.493 e. The summed E-state index contributed by atoms with van der Waals surface area (Å²) in [5.41, 5.74) is 4.22. The molecule has 1 saturated heterocycles. The molecule has 14 heteroatoms. The topological polar surface area (TPSA) is 123 Å². The molecule has 0 aromatic heterocycles. The molecule has 2 aromatic carbocycles. The van der Waals surface area contributed by atoms with E-state index in [0.29, 0.717) is 0 Å². The molecule has 1 aliphatic rings. The lowest BCUT2D eigenvalue weighted by Gasteiger charge is -2.48. The van der Waals surface area contributed by atoms with Gasteiger partial charge in [-0.2, -0.15) is 4.31 Å². The molecule has 184 valence electrons. The van der Waals surface area contributed by atoms with Gasteiger partial charge >= 0.3 is 0 Å². The maximum absolute atomic E-state index is 13.9. The molecule has 0 saturated carbocycles. The Hall–Kier alpha value is -1.98. The van der Waals surface area contributed by atoms with Crippen LogP contribution in [0.4, 0.5) is 10.1 Å². The molecule has 1 fully saturated rings. The number of hydrogen-bond donors (Lipinski definition) is 2. The molecule has 34 heavy (non-hydrogen) atoms. The second-order valence-corrected chi connectivity index (χ2v) is 12.5. The van der Waals surface area contributed by atoms with Crippen molar-refractivity contribution in [3.63, 3.8) is 0 Å². The Morgan fingerprint density at radius 3 is 2.47 bits per heavy atom. The molecule has 0 radical (unpaired) electrons. The highest BCUT2D eigenvalue weighted by atomic mass is 35.5. The highest BCUT2D eigenvalue weighted by molar-refractivity contribution is 7.89. The van der Waals surface area contributed by atoms with Crippen LogP contribution in [-0.2, 0) is 20.0 Å². The van der Waals surface area contributed by atoms with E-state index in [0.717, 1.165) is 10.4 Å². The molecular weight excluding hydrogens is 530 g/mol. The largest absolute Gasteiger partial charge is 0.493 e. The van der Waals surface area contributed by atoms with Gasteiger partial charge in [0.15, 0.2) is 0 Å². The molecule has 0 aliphatic carbocycles. The maximum Gasteiger partial charge on any atom is 0.244 e. The second-order valence-electron chi connectivity index (χ2n) is 7.79. The first-order chi connectivity index (χ1) is 15.9. The molecule has 3 N–H and O–H groups in total. The third-order valence-electron chi connectivity index (χ3n) is 5.17. The van der Waals surface area contributed by atoms with E-state index in [9.17, 15) is 21.2 Å². The number of hydrogen-bond acceptors (Lipinski definition) is 6. The first-order valence-corrected chi connectivity index (χ1v) is 13.7. The van der Waals surface area contributed by atoms with E-state index in [2.05, 4.69) is 9.57 Å². The Morgan fingerprint density at radius 1 is 1.18 bits per heavy atom. The van der Waals surface area contributed by atoms with Gasteiger partial charge in [-0.1, -0.05) is 23.2 Å². The molecule has 0 bridgehead atoms. The summed E-state index contributed by atoms with van der Waals surface area (Å²) in [5.74, 6) is -0.938. The van der Waals surface area contributed by atoms with Crippen molar-refractivity contribution in [2.75, 3.05) is 38.5 Å². The van der Waals surface area contributed by atoms with Crippen LogP contribution in [0, 0.1) is 17.8 Å². The number of benzene rings is 2. The lowest BCUT2D eigenvalue weighted by molar-refractivity contribution is 0.0238. The number of ether oxygens (including phenoxy) is 1. The molecular formula is C20H21Cl2FN4O5S2. The highest BCUT2D eigenvalue weighted by Crippen LogP contribution is 2.38. The summed E-state index contributed by atoms with van der Waals surface area (Å²) in [7, 11) is -7.67. The molecule has 0 spiro atoms. The predicted octanol–water partition coefficient (Wildman–Crippen LogP) is 2.63. The fourth-order valence-electron chi connectivity index (χ4n) is 3.34. The van der Waals surface area contributed by atoms with E-state index in [-0.39, 0.29) is 64.9 Å². The van der Waals surface area contributed by atoms with Gasteiger partial charge in [-0.3, -0.25) is 0 Å². The van der Waals surface area contributed by atoms with Gasteiger partial charge in [-0.05, 0) is 30.3 Å². The SMILES string of the molecule is [C-]#[N+]c1ccc(OCC2(CNS(=O)(=O)CCN)CN(S(=O)(=O)c3ccc(Cl)cc3Cl)C2)cc1F. The van der Waals surface area contributed by atoms with Gasteiger partial charge in [0.25, 0.3) is 0 Å². The fourth-order valence-corrected chi connectivity index (χ4v) is 6.74. The Kier molecular flexibility index (Phi) is 8.09. The van der Waals surface area contributed by atoms with E-state index in [4.69, 9.17) is 40.2 Å². The monoisotopic (exact) mass is 550 g/mol. The quantitative estimate of drug-likeness (QED) is 0.438. The van der Waals surface area contributed by atoms with E-state index < -0.39 is 31.3 Å². The molecule has 9 nitrogen and oxygen atoms in total. The van der Waals surface area contributed by atoms with Crippen LogP contribution in [0.1, 0.15) is 0 Å². The van der Waals surface area contributed by atoms with Crippen molar-refractivity contribution in [3.05, 3.63) is 63.7 Å². The molecule has 1 aliphatic heterocycles. The summed E-state index contributed by atoms with van der Waals surface area (Å²) in [6, 6.07) is 7.72. The fraction of sp³-hybridized carbons (Fsp3) is 0.350. The minimum absolute atomic E-state index is 0.0414. The van der Waals surface area contributed by atoms with Gasteiger partial charge in [0.1, 0.15) is 16.5 Å². The van der Waals surface area contributed by atoms with Crippen LogP contribution < -0.4 is 15.2 Å². The zero-order valence-corrected chi connectivity index (χ0v) is 20.8.